The number of hydrogen-bond acceptors (Lipinski definition) is 8. The van der Waals surface area contributed by atoms with Crippen molar-refractivity contribution < 1.29 is 76.5 Å². The molecule has 0 fully saturated rings. The second-order valence-corrected chi connectivity index (χ2v) is 11.1. The molecule has 3 rings (SSSR count). The Morgan fingerprint density at radius 1 is 0.837 bits per heavy atom. The lowest BCUT2D eigenvalue weighted by atomic mass is 9.95. The number of ether oxygens (including phenoxy) is 4. The van der Waals surface area contributed by atoms with Crippen LogP contribution < -0.4 is 5.63 Å². The van der Waals surface area contributed by atoms with Gasteiger partial charge in [0, 0.05) is 21.9 Å². The van der Waals surface area contributed by atoms with Crippen LogP contribution in [0.2, 0.25) is 0 Å². The molecule has 0 aliphatic heterocycles. The summed E-state index contributed by atoms with van der Waals surface area (Å²) in [5, 5.41) is 0.0559. The minimum atomic E-state index is -5.94. The first-order chi connectivity index (χ1) is 22.6. The maximum Gasteiger partial charge on any atom is 0.496 e. The summed E-state index contributed by atoms with van der Waals surface area (Å²) in [4.78, 5) is 23.3. The highest BCUT2D eigenvalue weighted by Gasteiger charge is 2.56. The minimum Gasteiger partial charge on any atom is -0.453 e. The number of benzene rings is 2. The largest absolute Gasteiger partial charge is 0.496 e. The summed E-state index contributed by atoms with van der Waals surface area (Å²) >= 11 is 0.0742. The third kappa shape index (κ3) is 12.0. The molecule has 0 unspecified atom stereocenters. The van der Waals surface area contributed by atoms with Gasteiger partial charge in [0.05, 0.1) is 16.9 Å². The van der Waals surface area contributed by atoms with Crippen LogP contribution >= 0.6 is 11.8 Å². The Hall–Kier alpha value is -3.68. The number of carbonyl (C=O) groups is 1. The smallest absolute Gasteiger partial charge is 0.453 e. The molecule has 0 atom stereocenters. The van der Waals surface area contributed by atoms with Crippen molar-refractivity contribution in [3.05, 3.63) is 76.7 Å². The fourth-order valence-corrected chi connectivity index (χ4v) is 4.88. The monoisotopic (exact) mass is 738 g/mol. The molecular formula is C30H25F11O7S. The van der Waals surface area contributed by atoms with E-state index >= 15 is 0 Å². The highest BCUT2D eigenvalue weighted by molar-refractivity contribution is 7.99. The van der Waals surface area contributed by atoms with Crippen LogP contribution in [0.15, 0.2) is 69.2 Å². The molecule has 270 valence electrons. The number of rotatable bonds is 17. The maximum atomic E-state index is 14.2. The number of hydrogen-bond donors (Lipinski definition) is 0. The number of unbranched alkanes of at least 4 members (excludes halogenated alkanes) is 2. The van der Waals surface area contributed by atoms with Gasteiger partial charge in [0.25, 0.3) is 0 Å². The van der Waals surface area contributed by atoms with Gasteiger partial charge in [-0.1, -0.05) is 44.5 Å². The summed E-state index contributed by atoms with van der Waals surface area (Å²) in [6, 6.07) is 7.86. The first-order valence-electron chi connectivity index (χ1n) is 13.9. The summed E-state index contributed by atoms with van der Waals surface area (Å²) in [6.07, 6.45) is -23.7. The van der Waals surface area contributed by atoms with Gasteiger partial charge in [-0.3, -0.25) is 0 Å². The molecule has 0 radical (unpaired) electrons. The molecule has 0 saturated carbocycles. The van der Waals surface area contributed by atoms with Crippen molar-refractivity contribution in [3.8, 4) is 11.1 Å². The molecule has 49 heavy (non-hydrogen) atoms. The van der Waals surface area contributed by atoms with Crippen LogP contribution in [-0.2, 0) is 36.3 Å². The molecule has 0 aliphatic rings. The zero-order valence-electron chi connectivity index (χ0n) is 25.0. The summed E-state index contributed by atoms with van der Waals surface area (Å²) < 4.78 is 169. The predicted octanol–water partition coefficient (Wildman–Crippen LogP) is 9.37. The number of halogens is 11. The molecule has 0 bridgehead atoms. The first kappa shape index (κ1) is 39.8. The molecule has 3 aromatic rings. The summed E-state index contributed by atoms with van der Waals surface area (Å²) in [7, 11) is 0. The minimum absolute atomic E-state index is 0.0559. The number of esters is 1. The van der Waals surface area contributed by atoms with Gasteiger partial charge in [0.1, 0.15) is 5.58 Å². The van der Waals surface area contributed by atoms with E-state index < -0.39 is 71.6 Å². The number of alkyl halides is 11. The molecule has 1 heterocycles. The molecule has 19 heteroatoms. The summed E-state index contributed by atoms with van der Waals surface area (Å²) in [6.45, 7) is 2.56. The van der Waals surface area contributed by atoms with Crippen molar-refractivity contribution in [1.82, 2.24) is 0 Å². The fourth-order valence-electron chi connectivity index (χ4n) is 4.13. The van der Waals surface area contributed by atoms with Crippen molar-refractivity contribution in [2.45, 2.75) is 68.5 Å². The van der Waals surface area contributed by atoms with E-state index in [-0.39, 0.29) is 27.6 Å². The van der Waals surface area contributed by atoms with E-state index in [0.29, 0.717) is 24.5 Å². The van der Waals surface area contributed by atoms with Crippen molar-refractivity contribution in [2.75, 3.05) is 12.4 Å². The van der Waals surface area contributed by atoms with Gasteiger partial charge in [-0.15, -0.1) is 29.3 Å². The molecule has 0 aliphatic carbocycles. The quantitative estimate of drug-likeness (QED) is 0.0258. The molecule has 0 spiro atoms. The van der Waals surface area contributed by atoms with E-state index in [2.05, 4.69) is 25.5 Å². The number of fused-ring (bicyclic) bond motifs is 1. The van der Waals surface area contributed by atoms with Crippen LogP contribution in [0.1, 0.15) is 37.3 Å². The molecule has 0 amide bonds. The van der Waals surface area contributed by atoms with Gasteiger partial charge in [-0.2, -0.15) is 30.7 Å². The molecule has 2 aromatic carbocycles. The Morgan fingerprint density at radius 2 is 1.49 bits per heavy atom. The van der Waals surface area contributed by atoms with E-state index in [9.17, 15) is 57.9 Å². The molecule has 7 nitrogen and oxygen atoms in total. The van der Waals surface area contributed by atoms with Gasteiger partial charge in [0.2, 0.25) is 0 Å². The molecule has 0 N–H and O–H groups in total. The lowest BCUT2D eigenvalue weighted by molar-refractivity contribution is -0.572. The Balaban J connectivity index is 1.73. The zero-order chi connectivity index (χ0) is 36.8. The fraction of sp³-hybridized carbons (Fsp3) is 0.400. The number of aryl methyl sites for hydroxylation is 1. The lowest BCUT2D eigenvalue weighted by Crippen LogP contribution is -2.46. The standard InChI is InChI=1S/C30H25F11O7S/c1-3-5-6-7-17-8-11-20(22(12-17)28(35,36)37)21-13-18-9-10-19(14-23(18)45-25(21)43)49-16-27(33,34)47-30(40,41)48-29(38,39)46-26(31,32)15-44-24(42)4-2/h4,8-14H,2-3,5-7,15-16H2,1H3. The van der Waals surface area contributed by atoms with Crippen molar-refractivity contribution >= 4 is 28.7 Å². The second-order valence-electron chi connectivity index (χ2n) is 10.1. The topological polar surface area (TPSA) is 84.2 Å². The first-order valence-corrected chi connectivity index (χ1v) is 14.9. The van der Waals surface area contributed by atoms with Gasteiger partial charge in [-0.05, 0) is 42.7 Å². The van der Waals surface area contributed by atoms with Gasteiger partial charge in [0.15, 0.2) is 6.61 Å². The van der Waals surface area contributed by atoms with Crippen LogP contribution in [0.3, 0.4) is 0 Å². The van der Waals surface area contributed by atoms with Crippen molar-refractivity contribution in [2.24, 2.45) is 0 Å². The normalized spacial score (nSPS) is 13.1. The summed E-state index contributed by atoms with van der Waals surface area (Å²) in [5.74, 6) is -3.24. The van der Waals surface area contributed by atoms with E-state index in [1.807, 2.05) is 6.92 Å². The second kappa shape index (κ2) is 15.5. The van der Waals surface area contributed by atoms with E-state index in [1.165, 1.54) is 6.07 Å². The SMILES string of the molecule is C=CC(=O)OCC(F)(F)OC(F)(F)OC(F)(F)OC(F)(F)CSc1ccc2cc(-c3ccc(CCCCC)cc3C(F)(F)F)c(=O)oc2c1. The van der Waals surface area contributed by atoms with Crippen LogP contribution in [0.25, 0.3) is 22.1 Å². The zero-order valence-corrected chi connectivity index (χ0v) is 25.8. The van der Waals surface area contributed by atoms with E-state index in [0.717, 1.165) is 49.2 Å². The van der Waals surface area contributed by atoms with Gasteiger partial charge in [-0.25, -0.2) is 23.8 Å². The molecule has 0 saturated heterocycles. The van der Waals surface area contributed by atoms with E-state index in [4.69, 9.17) is 4.42 Å². The molecular weight excluding hydrogens is 713 g/mol. The van der Waals surface area contributed by atoms with Gasteiger partial charge >= 0.3 is 42.6 Å². The number of thioether (sulfide) groups is 1. The Bertz CT molecular complexity index is 1690. The van der Waals surface area contributed by atoms with E-state index in [1.54, 1.807) is 0 Å². The third-order valence-corrected chi connectivity index (χ3v) is 7.25. The Labute approximate surface area is 273 Å². The van der Waals surface area contributed by atoms with Crippen LogP contribution in [0.4, 0.5) is 48.3 Å². The van der Waals surface area contributed by atoms with Crippen LogP contribution in [0.5, 0.6) is 0 Å². The average Bonchev–Trinajstić information content (AvgIpc) is 2.96. The Morgan fingerprint density at radius 3 is 2.10 bits per heavy atom. The predicted molar refractivity (Wildman–Crippen MR) is 151 cm³/mol. The van der Waals surface area contributed by atoms with Crippen LogP contribution in [0, 0.1) is 0 Å². The highest BCUT2D eigenvalue weighted by atomic mass is 32.2. The van der Waals surface area contributed by atoms with Gasteiger partial charge < -0.3 is 9.15 Å². The molecule has 1 aromatic heterocycles. The third-order valence-electron chi connectivity index (χ3n) is 6.19. The highest BCUT2D eigenvalue weighted by Crippen LogP contribution is 2.40. The van der Waals surface area contributed by atoms with Crippen molar-refractivity contribution in [1.29, 1.82) is 0 Å². The average molecular weight is 739 g/mol. The van der Waals surface area contributed by atoms with Crippen LogP contribution in [-0.4, -0.2) is 43.1 Å². The number of carbonyl (C=O) groups excluding carboxylic acids is 1. The Kier molecular flexibility index (Phi) is 12.6. The summed E-state index contributed by atoms with van der Waals surface area (Å²) in [5.41, 5.74) is -3.07. The van der Waals surface area contributed by atoms with Crippen molar-refractivity contribution in [3.63, 3.8) is 0 Å². The maximum absolute atomic E-state index is 14.2. The lowest BCUT2D eigenvalue weighted by Gasteiger charge is -2.27.